The van der Waals surface area contributed by atoms with E-state index in [1.54, 1.807) is 0 Å². The van der Waals surface area contributed by atoms with Gasteiger partial charge in [-0.2, -0.15) is 13.2 Å². The van der Waals surface area contributed by atoms with Crippen molar-refractivity contribution in [2.45, 2.75) is 64.5 Å². The maximum absolute atomic E-state index is 12.6. The molecule has 0 aliphatic carbocycles. The minimum Gasteiger partial charge on any atom is -0.379 e. The van der Waals surface area contributed by atoms with E-state index < -0.39 is 22.4 Å². The van der Waals surface area contributed by atoms with Gasteiger partial charge in [0, 0.05) is 12.6 Å². The second kappa shape index (κ2) is 10.2. The highest BCUT2D eigenvalue weighted by molar-refractivity contribution is 5.62. The van der Waals surface area contributed by atoms with Crippen LogP contribution in [0.5, 0.6) is 0 Å². The van der Waals surface area contributed by atoms with E-state index in [-0.39, 0.29) is 5.69 Å². The van der Waals surface area contributed by atoms with Gasteiger partial charge in [-0.1, -0.05) is 51.9 Å². The standard InChI is InChI=1S/C17H25F3N2O2/c1-2-3-4-5-6-7-8-9-12-21-15-11-10-14(17(18,19)20)13-16(15)22(23)24/h10-11,13,21H,2-9,12H2,1H3. The lowest BCUT2D eigenvalue weighted by Crippen LogP contribution is -2.08. The lowest BCUT2D eigenvalue weighted by atomic mass is 10.1. The summed E-state index contributed by atoms with van der Waals surface area (Å²) in [6.45, 7) is 2.69. The van der Waals surface area contributed by atoms with Gasteiger partial charge in [-0.15, -0.1) is 0 Å². The summed E-state index contributed by atoms with van der Waals surface area (Å²) in [5, 5.41) is 13.8. The number of benzene rings is 1. The van der Waals surface area contributed by atoms with Crippen molar-refractivity contribution in [2.75, 3.05) is 11.9 Å². The van der Waals surface area contributed by atoms with Gasteiger partial charge in [0.1, 0.15) is 5.69 Å². The zero-order valence-corrected chi connectivity index (χ0v) is 14.0. The third-order valence-corrected chi connectivity index (χ3v) is 3.87. The van der Waals surface area contributed by atoms with Crippen molar-refractivity contribution in [1.29, 1.82) is 0 Å². The second-order valence-electron chi connectivity index (χ2n) is 5.89. The first-order valence-corrected chi connectivity index (χ1v) is 8.45. The number of alkyl halides is 3. The minimum atomic E-state index is -4.58. The van der Waals surface area contributed by atoms with Crippen molar-refractivity contribution in [2.24, 2.45) is 0 Å². The van der Waals surface area contributed by atoms with Crippen LogP contribution in [0.4, 0.5) is 24.5 Å². The number of anilines is 1. The first-order valence-electron chi connectivity index (χ1n) is 8.45. The van der Waals surface area contributed by atoms with Crippen molar-refractivity contribution in [1.82, 2.24) is 0 Å². The fourth-order valence-corrected chi connectivity index (χ4v) is 2.49. The fraction of sp³-hybridized carbons (Fsp3) is 0.647. The van der Waals surface area contributed by atoms with E-state index in [0.717, 1.165) is 31.4 Å². The molecule has 1 aromatic carbocycles. The van der Waals surface area contributed by atoms with Gasteiger partial charge in [0.05, 0.1) is 10.5 Å². The predicted octanol–water partition coefficient (Wildman–Crippen LogP) is 6.17. The van der Waals surface area contributed by atoms with Crippen LogP contribution in [0.15, 0.2) is 18.2 Å². The molecule has 1 aromatic rings. The van der Waals surface area contributed by atoms with E-state index in [1.807, 2.05) is 0 Å². The van der Waals surface area contributed by atoms with Gasteiger partial charge in [0.2, 0.25) is 0 Å². The average molecular weight is 346 g/mol. The molecule has 0 atom stereocenters. The Kier molecular flexibility index (Phi) is 8.57. The molecule has 1 rings (SSSR count). The van der Waals surface area contributed by atoms with E-state index >= 15 is 0 Å². The molecule has 0 aliphatic heterocycles. The Hall–Kier alpha value is -1.79. The first-order chi connectivity index (χ1) is 11.4. The monoisotopic (exact) mass is 346 g/mol. The van der Waals surface area contributed by atoms with Gasteiger partial charge < -0.3 is 5.32 Å². The number of nitro groups is 1. The number of nitrogens with zero attached hydrogens (tertiary/aromatic N) is 1. The molecule has 0 aliphatic rings. The Bertz CT molecular complexity index is 519. The predicted molar refractivity (Wildman–Crippen MR) is 89.2 cm³/mol. The van der Waals surface area contributed by atoms with E-state index in [2.05, 4.69) is 12.2 Å². The number of hydrogen-bond acceptors (Lipinski definition) is 3. The van der Waals surface area contributed by atoms with Crippen molar-refractivity contribution in [3.8, 4) is 0 Å². The largest absolute Gasteiger partial charge is 0.416 e. The molecule has 0 unspecified atom stereocenters. The zero-order valence-electron chi connectivity index (χ0n) is 14.0. The average Bonchev–Trinajstić information content (AvgIpc) is 2.52. The van der Waals surface area contributed by atoms with Crippen LogP contribution < -0.4 is 5.32 Å². The summed E-state index contributed by atoms with van der Waals surface area (Å²) in [4.78, 5) is 10.2. The van der Waals surface area contributed by atoms with Crippen LogP contribution in [0.25, 0.3) is 0 Å². The van der Waals surface area contributed by atoms with E-state index in [1.165, 1.54) is 32.1 Å². The molecule has 0 aromatic heterocycles. The Morgan fingerprint density at radius 2 is 1.62 bits per heavy atom. The molecule has 1 N–H and O–H groups in total. The summed E-state index contributed by atoms with van der Waals surface area (Å²) in [6, 6.07) is 2.57. The molecule has 0 radical (unpaired) electrons. The van der Waals surface area contributed by atoms with Gasteiger partial charge in [-0.25, -0.2) is 0 Å². The summed E-state index contributed by atoms with van der Waals surface area (Å²) in [7, 11) is 0. The summed E-state index contributed by atoms with van der Waals surface area (Å²) in [5.74, 6) is 0. The number of nitro benzene ring substituents is 1. The number of nitrogens with one attached hydrogen (secondary N) is 1. The molecule has 0 amide bonds. The number of unbranched alkanes of at least 4 members (excludes halogenated alkanes) is 7. The quantitative estimate of drug-likeness (QED) is 0.296. The smallest absolute Gasteiger partial charge is 0.379 e. The van der Waals surface area contributed by atoms with Gasteiger partial charge in [0.15, 0.2) is 0 Å². The van der Waals surface area contributed by atoms with Crippen molar-refractivity contribution in [3.05, 3.63) is 33.9 Å². The Morgan fingerprint density at radius 1 is 1.04 bits per heavy atom. The molecule has 0 saturated carbocycles. The maximum atomic E-state index is 12.6. The van der Waals surface area contributed by atoms with E-state index in [0.29, 0.717) is 12.6 Å². The second-order valence-corrected chi connectivity index (χ2v) is 5.89. The topological polar surface area (TPSA) is 55.2 Å². The first kappa shape index (κ1) is 20.3. The van der Waals surface area contributed by atoms with Crippen molar-refractivity contribution >= 4 is 11.4 Å². The summed E-state index contributed by atoms with van der Waals surface area (Å²) < 4.78 is 37.9. The lowest BCUT2D eigenvalue weighted by molar-refractivity contribution is -0.384. The summed E-state index contributed by atoms with van der Waals surface area (Å²) in [5.41, 5.74) is -1.41. The van der Waals surface area contributed by atoms with Crippen molar-refractivity contribution < 1.29 is 18.1 Å². The van der Waals surface area contributed by atoms with Crippen LogP contribution in [0.2, 0.25) is 0 Å². The molecular formula is C17H25F3N2O2. The Balaban J connectivity index is 2.41. The highest BCUT2D eigenvalue weighted by atomic mass is 19.4. The van der Waals surface area contributed by atoms with Gasteiger partial charge in [-0.05, 0) is 18.6 Å². The molecule has 0 fully saturated rings. The molecule has 0 spiro atoms. The fourth-order valence-electron chi connectivity index (χ4n) is 2.49. The van der Waals surface area contributed by atoms with Crippen molar-refractivity contribution in [3.63, 3.8) is 0 Å². The molecule has 24 heavy (non-hydrogen) atoms. The van der Waals surface area contributed by atoms with E-state index in [9.17, 15) is 23.3 Å². The van der Waals surface area contributed by atoms with Crippen LogP contribution in [0.3, 0.4) is 0 Å². The van der Waals surface area contributed by atoms with Crippen LogP contribution in [-0.4, -0.2) is 11.5 Å². The SMILES string of the molecule is CCCCCCCCCCNc1ccc(C(F)(F)F)cc1[N+](=O)[O-]. The minimum absolute atomic E-state index is 0.135. The van der Waals surface area contributed by atoms with Gasteiger partial charge in [-0.3, -0.25) is 10.1 Å². The third kappa shape index (κ3) is 7.19. The van der Waals surface area contributed by atoms with Gasteiger partial charge in [0.25, 0.3) is 5.69 Å². The normalized spacial score (nSPS) is 11.5. The number of rotatable bonds is 11. The number of halogens is 3. The molecule has 0 saturated heterocycles. The lowest BCUT2D eigenvalue weighted by Gasteiger charge is -2.10. The molecular weight excluding hydrogens is 321 g/mol. The molecule has 4 nitrogen and oxygen atoms in total. The highest BCUT2D eigenvalue weighted by Gasteiger charge is 2.32. The molecule has 7 heteroatoms. The Morgan fingerprint density at radius 3 is 2.17 bits per heavy atom. The summed E-state index contributed by atoms with van der Waals surface area (Å²) >= 11 is 0. The molecule has 0 bridgehead atoms. The third-order valence-electron chi connectivity index (χ3n) is 3.87. The van der Waals surface area contributed by atoms with Gasteiger partial charge >= 0.3 is 6.18 Å². The van der Waals surface area contributed by atoms with Crippen LogP contribution in [0, 0.1) is 10.1 Å². The number of hydrogen-bond donors (Lipinski definition) is 1. The molecule has 0 heterocycles. The summed E-state index contributed by atoms with van der Waals surface area (Å²) in [6.07, 6.45) is 4.52. The Labute approximate surface area is 140 Å². The highest BCUT2D eigenvalue weighted by Crippen LogP contribution is 2.34. The van der Waals surface area contributed by atoms with Crippen LogP contribution >= 0.6 is 0 Å². The molecule has 136 valence electrons. The van der Waals surface area contributed by atoms with Crippen LogP contribution in [0.1, 0.15) is 63.9 Å². The zero-order chi connectivity index (χ0) is 18.0. The van der Waals surface area contributed by atoms with E-state index in [4.69, 9.17) is 0 Å². The maximum Gasteiger partial charge on any atom is 0.416 e. The van der Waals surface area contributed by atoms with Crippen LogP contribution in [-0.2, 0) is 6.18 Å².